The SMILES string of the molecule is COc1ccc2nc(N)sc2n1.COc1ccc2nc(NC(=O)C(CC3CCOCC3)c3ccc4c(c3)N(C)c3ccccc3S4(=O)=O)sc2n1. The summed E-state index contributed by atoms with van der Waals surface area (Å²) in [6.07, 6.45) is 2.38. The van der Waals surface area contributed by atoms with Gasteiger partial charge in [0, 0.05) is 32.4 Å². The maximum Gasteiger partial charge on any atom is 0.233 e. The van der Waals surface area contributed by atoms with Gasteiger partial charge in [-0.05, 0) is 67.1 Å². The molecule has 1 fully saturated rings. The molecular weight excluding hydrogens is 711 g/mol. The van der Waals surface area contributed by atoms with Gasteiger partial charge in [0.15, 0.2) is 10.3 Å². The fourth-order valence-electron chi connectivity index (χ4n) is 6.25. The quantitative estimate of drug-likeness (QED) is 0.184. The van der Waals surface area contributed by atoms with E-state index in [0.29, 0.717) is 69.3 Å². The molecule has 264 valence electrons. The van der Waals surface area contributed by atoms with Crippen molar-refractivity contribution in [3.8, 4) is 11.8 Å². The summed E-state index contributed by atoms with van der Waals surface area (Å²) in [7, 11) is 1.31. The number of thiazole rings is 2. The highest BCUT2D eigenvalue weighted by atomic mass is 32.2. The average Bonchev–Trinajstić information content (AvgIpc) is 3.74. The Morgan fingerprint density at radius 1 is 0.902 bits per heavy atom. The highest BCUT2D eigenvalue weighted by Crippen LogP contribution is 2.45. The number of pyridine rings is 2. The summed E-state index contributed by atoms with van der Waals surface area (Å²) in [5, 5.41) is 4.00. The molecule has 1 atom stereocenters. The van der Waals surface area contributed by atoms with E-state index in [-0.39, 0.29) is 15.7 Å². The monoisotopic (exact) mass is 745 g/mol. The van der Waals surface area contributed by atoms with Gasteiger partial charge in [0.25, 0.3) is 0 Å². The molecule has 0 bridgehead atoms. The first kappa shape index (κ1) is 34.5. The summed E-state index contributed by atoms with van der Waals surface area (Å²) in [5.74, 6) is 0.701. The molecule has 2 aliphatic rings. The van der Waals surface area contributed by atoms with Crippen LogP contribution in [0.25, 0.3) is 20.7 Å². The number of hydrogen-bond acceptors (Lipinski definition) is 14. The van der Waals surface area contributed by atoms with E-state index in [0.717, 1.165) is 28.8 Å². The second-order valence-corrected chi connectivity index (χ2v) is 15.9. The molecule has 4 aromatic heterocycles. The number of rotatable bonds is 7. The van der Waals surface area contributed by atoms with E-state index in [9.17, 15) is 13.2 Å². The molecule has 16 heteroatoms. The van der Waals surface area contributed by atoms with E-state index >= 15 is 0 Å². The molecule has 51 heavy (non-hydrogen) atoms. The number of anilines is 4. The fraction of sp³-hybridized carbons (Fsp3) is 0.286. The van der Waals surface area contributed by atoms with Crippen molar-refractivity contribution in [2.75, 3.05) is 50.4 Å². The lowest BCUT2D eigenvalue weighted by Gasteiger charge is -2.31. The second-order valence-electron chi connectivity index (χ2n) is 12.0. The molecule has 8 rings (SSSR count). The van der Waals surface area contributed by atoms with Crippen molar-refractivity contribution in [3.05, 3.63) is 72.3 Å². The Bertz CT molecular complexity index is 2340. The average molecular weight is 746 g/mol. The van der Waals surface area contributed by atoms with Gasteiger partial charge in [-0.25, -0.2) is 28.4 Å². The number of fused-ring (bicyclic) bond motifs is 4. The molecule has 13 nitrogen and oxygen atoms in total. The minimum atomic E-state index is -3.68. The number of sulfone groups is 1. The van der Waals surface area contributed by atoms with Gasteiger partial charge in [0.05, 0.1) is 41.3 Å². The van der Waals surface area contributed by atoms with E-state index in [2.05, 4.69) is 25.3 Å². The maximum absolute atomic E-state index is 13.8. The van der Waals surface area contributed by atoms with Crippen LogP contribution in [-0.2, 0) is 19.4 Å². The van der Waals surface area contributed by atoms with Crippen LogP contribution in [0.3, 0.4) is 0 Å². The van der Waals surface area contributed by atoms with Crippen LogP contribution in [0, 0.1) is 5.92 Å². The highest BCUT2D eigenvalue weighted by molar-refractivity contribution is 7.92. The Morgan fingerprint density at radius 3 is 2.25 bits per heavy atom. The molecule has 0 aliphatic carbocycles. The molecule has 2 aliphatic heterocycles. The Labute approximate surface area is 302 Å². The van der Waals surface area contributed by atoms with E-state index < -0.39 is 15.8 Å². The van der Waals surface area contributed by atoms with Gasteiger partial charge in [0.2, 0.25) is 27.5 Å². The van der Waals surface area contributed by atoms with Crippen molar-refractivity contribution in [2.45, 2.75) is 35.0 Å². The molecule has 0 spiro atoms. The van der Waals surface area contributed by atoms with Crippen LogP contribution in [-0.4, -0.2) is 68.7 Å². The summed E-state index contributed by atoms with van der Waals surface area (Å²) in [6.45, 7) is 1.35. The molecule has 0 radical (unpaired) electrons. The zero-order valence-corrected chi connectivity index (χ0v) is 30.5. The smallest absolute Gasteiger partial charge is 0.233 e. The van der Waals surface area contributed by atoms with Crippen LogP contribution in [0.4, 0.5) is 21.6 Å². The number of hydrogen-bond donors (Lipinski definition) is 2. The minimum Gasteiger partial charge on any atom is -0.481 e. The number of nitrogens with zero attached hydrogens (tertiary/aromatic N) is 5. The molecule has 1 saturated heterocycles. The van der Waals surface area contributed by atoms with Gasteiger partial charge in [-0.3, -0.25) is 4.79 Å². The number of ether oxygens (including phenoxy) is 3. The number of amides is 1. The first-order valence-corrected chi connectivity index (χ1v) is 19.2. The summed E-state index contributed by atoms with van der Waals surface area (Å²) < 4.78 is 42.5. The van der Waals surface area contributed by atoms with Crippen molar-refractivity contribution < 1.29 is 27.4 Å². The van der Waals surface area contributed by atoms with Crippen molar-refractivity contribution in [3.63, 3.8) is 0 Å². The fourth-order valence-corrected chi connectivity index (χ4v) is 9.47. The number of nitrogens with one attached hydrogen (secondary N) is 1. The first-order chi connectivity index (χ1) is 24.6. The van der Waals surface area contributed by atoms with E-state index in [4.69, 9.17) is 19.9 Å². The van der Waals surface area contributed by atoms with E-state index in [1.165, 1.54) is 22.7 Å². The van der Waals surface area contributed by atoms with E-state index in [1.807, 2.05) is 36.2 Å². The maximum atomic E-state index is 13.8. The van der Waals surface area contributed by atoms with Crippen LogP contribution in [0.2, 0.25) is 0 Å². The lowest BCUT2D eigenvalue weighted by molar-refractivity contribution is -0.118. The summed E-state index contributed by atoms with van der Waals surface area (Å²) in [6, 6.07) is 19.4. The van der Waals surface area contributed by atoms with Crippen molar-refractivity contribution in [1.82, 2.24) is 19.9 Å². The van der Waals surface area contributed by atoms with Gasteiger partial charge in [-0.15, -0.1) is 0 Å². The lowest BCUT2D eigenvalue weighted by Crippen LogP contribution is -2.27. The third-order valence-electron chi connectivity index (χ3n) is 8.90. The number of carbonyl (C=O) groups excluding carboxylic acids is 1. The van der Waals surface area contributed by atoms with Crippen LogP contribution in [0.5, 0.6) is 11.8 Å². The number of nitrogens with two attached hydrogens (primary N) is 1. The summed E-state index contributed by atoms with van der Waals surface area (Å²) >= 11 is 2.64. The molecule has 2 aromatic carbocycles. The Kier molecular flexibility index (Phi) is 9.74. The molecule has 0 saturated carbocycles. The largest absolute Gasteiger partial charge is 0.481 e. The van der Waals surface area contributed by atoms with Gasteiger partial charge in [-0.1, -0.05) is 40.9 Å². The van der Waals surface area contributed by atoms with Crippen LogP contribution in [0.1, 0.15) is 30.7 Å². The van der Waals surface area contributed by atoms with Crippen LogP contribution in [0.15, 0.2) is 76.5 Å². The lowest BCUT2D eigenvalue weighted by atomic mass is 9.84. The molecule has 6 aromatic rings. The van der Waals surface area contributed by atoms with Gasteiger partial charge < -0.3 is 30.2 Å². The normalized spacial score (nSPS) is 15.7. The molecule has 3 N–H and O–H groups in total. The van der Waals surface area contributed by atoms with Crippen LogP contribution < -0.4 is 25.4 Å². The third-order valence-corrected chi connectivity index (χ3v) is 12.4. The van der Waals surface area contributed by atoms with Gasteiger partial charge in [0.1, 0.15) is 20.7 Å². The standard InChI is InChI=1S/C28H28N4O5S2.C7H7N3OS/c1-32-21-5-3-4-6-23(21)39(34,35)24-9-7-18(16-22(24)32)19(15-17-11-13-37-14-12-17)26(33)31-28-29-20-8-10-25(36-2)30-27(20)38-28;1-11-5-3-2-4-6(10-5)12-7(8)9-4/h3-10,16-17,19H,11-15H2,1-2H3,(H,29,31,33);2-3H,1H3,(H2,8,9). The second kappa shape index (κ2) is 14.4. The van der Waals surface area contributed by atoms with Gasteiger partial charge in [-0.2, -0.15) is 0 Å². The Morgan fingerprint density at radius 2 is 1.55 bits per heavy atom. The third kappa shape index (κ3) is 7.04. The van der Waals surface area contributed by atoms with Crippen molar-refractivity contribution >= 4 is 80.8 Å². The number of methoxy groups -OCH3 is 2. The minimum absolute atomic E-state index is 0.186. The number of carbonyl (C=O) groups is 1. The van der Waals surface area contributed by atoms with Gasteiger partial charge >= 0.3 is 0 Å². The predicted molar refractivity (Wildman–Crippen MR) is 198 cm³/mol. The topological polar surface area (TPSA) is 172 Å². The number of benzene rings is 2. The van der Waals surface area contributed by atoms with Crippen LogP contribution >= 0.6 is 22.7 Å². The predicted octanol–water partition coefficient (Wildman–Crippen LogP) is 6.44. The van der Waals surface area contributed by atoms with E-state index in [1.54, 1.807) is 56.7 Å². The zero-order valence-electron chi connectivity index (χ0n) is 28.0. The van der Waals surface area contributed by atoms with Crippen molar-refractivity contribution in [2.24, 2.45) is 5.92 Å². The zero-order chi connectivity index (χ0) is 35.7. The Hall–Kier alpha value is -4.90. The first-order valence-electron chi connectivity index (χ1n) is 16.1. The summed E-state index contributed by atoms with van der Waals surface area (Å²) in [4.78, 5) is 34.9. The number of para-hydroxylation sites is 1. The molecular formula is C35H35N7O6S3. The molecule has 6 heterocycles. The summed E-state index contributed by atoms with van der Waals surface area (Å²) in [5.41, 5.74) is 8.95. The highest BCUT2D eigenvalue weighted by Gasteiger charge is 2.34. The Balaban J connectivity index is 0.000000285. The number of nitrogen functional groups attached to an aromatic ring is 1. The molecule has 1 amide bonds. The molecule has 1 unspecified atom stereocenters. The number of aromatic nitrogens is 4. The van der Waals surface area contributed by atoms with Crippen molar-refractivity contribution in [1.29, 1.82) is 0 Å².